The molecule has 7 nitrogen and oxygen atoms in total. The fourth-order valence-electron chi connectivity index (χ4n) is 4.28. The molecule has 1 saturated heterocycles. The van der Waals surface area contributed by atoms with Crippen molar-refractivity contribution in [1.82, 2.24) is 4.90 Å². The third kappa shape index (κ3) is 2.47. The zero-order chi connectivity index (χ0) is 16.7. The normalized spacial score (nSPS) is 34.0. The maximum Gasteiger partial charge on any atom is 0.352 e. The van der Waals surface area contributed by atoms with Crippen molar-refractivity contribution in [2.24, 2.45) is 11.8 Å². The molecule has 0 bridgehead atoms. The van der Waals surface area contributed by atoms with Crippen LogP contribution in [0.15, 0.2) is 11.3 Å². The molecule has 0 aromatic rings. The topological polar surface area (TPSA) is 96.3 Å². The summed E-state index contributed by atoms with van der Waals surface area (Å²) in [6.45, 7) is 2.43. The van der Waals surface area contributed by atoms with Gasteiger partial charge in [0.25, 0.3) is 0 Å². The first-order chi connectivity index (χ1) is 11.0. The van der Waals surface area contributed by atoms with Crippen molar-refractivity contribution in [3.05, 3.63) is 11.3 Å². The number of ether oxygens (including phenoxy) is 2. The van der Waals surface area contributed by atoms with Crippen molar-refractivity contribution in [2.45, 2.75) is 44.4 Å². The second-order valence-electron chi connectivity index (χ2n) is 6.46. The number of β-lactam (4-membered cyclic amide) rings is 1. The average molecular weight is 325 g/mol. The number of amides is 1. The van der Waals surface area contributed by atoms with Gasteiger partial charge in [-0.1, -0.05) is 0 Å². The number of nitrogens with zero attached hydrogens (tertiary/aromatic N) is 1. The molecular weight excluding hydrogens is 302 g/mol. The minimum atomic E-state index is -1.09. The lowest BCUT2D eigenvalue weighted by Crippen LogP contribution is -2.64. The molecule has 0 radical (unpaired) electrons. The maximum absolute atomic E-state index is 12.3. The second kappa shape index (κ2) is 6.22. The molecule has 2 N–H and O–H groups in total. The van der Waals surface area contributed by atoms with Crippen molar-refractivity contribution in [3.8, 4) is 0 Å². The molecule has 1 unspecified atom stereocenters. The van der Waals surface area contributed by atoms with Gasteiger partial charge in [-0.05, 0) is 31.8 Å². The van der Waals surface area contributed by atoms with Crippen LogP contribution in [0, 0.1) is 11.8 Å². The van der Waals surface area contributed by atoms with Gasteiger partial charge in [-0.25, -0.2) is 4.79 Å². The Morgan fingerprint density at radius 3 is 2.74 bits per heavy atom. The van der Waals surface area contributed by atoms with Gasteiger partial charge in [0.2, 0.25) is 5.91 Å². The van der Waals surface area contributed by atoms with Gasteiger partial charge in [0, 0.05) is 13.0 Å². The number of hydrogen-bond donors (Lipinski definition) is 2. The van der Waals surface area contributed by atoms with Crippen molar-refractivity contribution < 1.29 is 29.3 Å². The molecule has 1 aliphatic carbocycles. The molecule has 3 aliphatic rings. The van der Waals surface area contributed by atoms with E-state index < -0.39 is 18.0 Å². The number of carboxylic acids is 1. The van der Waals surface area contributed by atoms with Gasteiger partial charge in [0.05, 0.1) is 37.4 Å². The van der Waals surface area contributed by atoms with Gasteiger partial charge in [0.1, 0.15) is 5.70 Å². The Bertz CT molecular complexity index is 543. The molecular formula is C16H23NO6. The molecule has 0 aromatic carbocycles. The van der Waals surface area contributed by atoms with Gasteiger partial charge in [-0.3, -0.25) is 4.79 Å². The van der Waals surface area contributed by atoms with E-state index in [0.29, 0.717) is 13.2 Å². The van der Waals surface area contributed by atoms with E-state index in [9.17, 15) is 19.8 Å². The lowest BCUT2D eigenvalue weighted by atomic mass is 9.71. The monoisotopic (exact) mass is 325 g/mol. The lowest BCUT2D eigenvalue weighted by Gasteiger charge is -2.47. The fraction of sp³-hybridized carbons (Fsp3) is 0.750. The second-order valence-corrected chi connectivity index (χ2v) is 6.46. The number of aliphatic hydroxyl groups is 1. The van der Waals surface area contributed by atoms with Crippen LogP contribution in [0.3, 0.4) is 0 Å². The molecule has 3 rings (SSSR count). The van der Waals surface area contributed by atoms with Crippen LogP contribution >= 0.6 is 0 Å². The van der Waals surface area contributed by atoms with Crippen LogP contribution in [-0.4, -0.2) is 65.6 Å². The number of hydrogen-bond acceptors (Lipinski definition) is 5. The van der Waals surface area contributed by atoms with Crippen molar-refractivity contribution >= 4 is 11.9 Å². The molecule has 1 amide bonds. The Labute approximate surface area is 134 Å². The van der Waals surface area contributed by atoms with E-state index in [-0.39, 0.29) is 29.7 Å². The van der Waals surface area contributed by atoms with E-state index in [1.165, 1.54) is 4.90 Å². The number of carboxylic acid groups (broad SMARTS) is 1. The molecule has 23 heavy (non-hydrogen) atoms. The smallest absolute Gasteiger partial charge is 0.352 e. The first-order valence-corrected chi connectivity index (χ1v) is 8.08. The highest BCUT2D eigenvalue weighted by Crippen LogP contribution is 2.52. The Morgan fingerprint density at radius 1 is 1.39 bits per heavy atom. The summed E-state index contributed by atoms with van der Waals surface area (Å²) in [4.78, 5) is 25.4. The summed E-state index contributed by atoms with van der Waals surface area (Å²) in [6, 6.07) is -0.238. The van der Waals surface area contributed by atoms with E-state index in [2.05, 4.69) is 0 Å². The van der Waals surface area contributed by atoms with Crippen LogP contribution in [0.25, 0.3) is 0 Å². The molecule has 2 aliphatic heterocycles. The van der Waals surface area contributed by atoms with E-state index in [1.807, 2.05) is 0 Å². The zero-order valence-electron chi connectivity index (χ0n) is 13.4. The predicted molar refractivity (Wildman–Crippen MR) is 79.4 cm³/mol. The molecule has 2 heterocycles. The molecule has 5 atom stereocenters. The van der Waals surface area contributed by atoms with Crippen LogP contribution in [0.2, 0.25) is 0 Å². The molecule has 1 saturated carbocycles. The summed E-state index contributed by atoms with van der Waals surface area (Å²) in [6.07, 6.45) is 1.44. The third-order valence-corrected chi connectivity index (χ3v) is 5.17. The zero-order valence-corrected chi connectivity index (χ0v) is 13.4. The largest absolute Gasteiger partial charge is 0.477 e. The summed E-state index contributed by atoms with van der Waals surface area (Å²) < 4.78 is 10.8. The van der Waals surface area contributed by atoms with Crippen LogP contribution in [0.4, 0.5) is 0 Å². The molecule has 7 heteroatoms. The van der Waals surface area contributed by atoms with Gasteiger partial charge in [0.15, 0.2) is 0 Å². The van der Waals surface area contributed by atoms with E-state index in [1.54, 1.807) is 14.0 Å². The minimum Gasteiger partial charge on any atom is -0.477 e. The Balaban J connectivity index is 1.91. The fourth-order valence-corrected chi connectivity index (χ4v) is 4.28. The number of methoxy groups -OCH3 is 1. The van der Waals surface area contributed by atoms with Crippen LogP contribution < -0.4 is 0 Å². The standard InChI is InChI=1S/C16H23NO6/c1-8(18)11-13-9-4-3-5-10(23-7-6-22-2)12(9)14(16(20)21)17(13)15(11)19/h8-11,13,18H,3-7H2,1-2H3,(H,20,21)/t8?,9-,10-,11+,13+/m0/s1. The number of aliphatic hydroxyl groups excluding tert-OH is 1. The van der Waals surface area contributed by atoms with E-state index in [0.717, 1.165) is 24.8 Å². The highest BCUT2D eigenvalue weighted by molar-refractivity contribution is 6.00. The summed E-state index contributed by atoms with van der Waals surface area (Å²) >= 11 is 0. The van der Waals surface area contributed by atoms with E-state index in [4.69, 9.17) is 9.47 Å². The number of aliphatic carboxylic acids is 1. The molecule has 128 valence electrons. The van der Waals surface area contributed by atoms with Crippen LogP contribution in [-0.2, 0) is 19.1 Å². The third-order valence-electron chi connectivity index (χ3n) is 5.17. The predicted octanol–water partition coefficient (Wildman–Crippen LogP) is 0.378. The van der Waals surface area contributed by atoms with Gasteiger partial charge in [-0.15, -0.1) is 0 Å². The van der Waals surface area contributed by atoms with Crippen molar-refractivity contribution in [2.75, 3.05) is 20.3 Å². The summed E-state index contributed by atoms with van der Waals surface area (Å²) in [7, 11) is 1.59. The quantitative estimate of drug-likeness (QED) is 0.541. The SMILES string of the molecule is COCCO[C@H]1CCC[C@H]2C1=C(C(=O)O)N1C(=O)[C@H](C(C)O)[C@@H]21. The van der Waals surface area contributed by atoms with Gasteiger partial charge >= 0.3 is 5.97 Å². The first kappa shape index (κ1) is 16.4. The Hall–Kier alpha value is -1.44. The van der Waals surface area contributed by atoms with E-state index >= 15 is 0 Å². The van der Waals surface area contributed by atoms with Crippen LogP contribution in [0.1, 0.15) is 26.2 Å². The summed E-state index contributed by atoms with van der Waals surface area (Å²) in [5.74, 6) is -1.92. The molecule has 0 spiro atoms. The number of carbonyl (C=O) groups excluding carboxylic acids is 1. The Morgan fingerprint density at radius 2 is 2.13 bits per heavy atom. The highest BCUT2D eigenvalue weighted by atomic mass is 16.5. The minimum absolute atomic E-state index is 0.0281. The Kier molecular flexibility index (Phi) is 4.44. The summed E-state index contributed by atoms with van der Waals surface area (Å²) in [5, 5.41) is 19.5. The summed E-state index contributed by atoms with van der Waals surface area (Å²) in [5.41, 5.74) is 0.797. The van der Waals surface area contributed by atoms with Gasteiger partial charge < -0.3 is 24.6 Å². The average Bonchev–Trinajstić information content (AvgIpc) is 2.79. The van der Waals surface area contributed by atoms with Gasteiger partial charge in [-0.2, -0.15) is 0 Å². The molecule has 0 aromatic heterocycles. The lowest BCUT2D eigenvalue weighted by molar-refractivity contribution is -0.163. The first-order valence-electron chi connectivity index (χ1n) is 8.08. The van der Waals surface area contributed by atoms with Crippen molar-refractivity contribution in [1.29, 1.82) is 0 Å². The van der Waals surface area contributed by atoms with Crippen molar-refractivity contribution in [3.63, 3.8) is 0 Å². The van der Waals surface area contributed by atoms with Crippen LogP contribution in [0.5, 0.6) is 0 Å². The maximum atomic E-state index is 12.3. The number of carbonyl (C=O) groups is 2. The number of fused-ring (bicyclic) bond motifs is 3. The number of rotatable bonds is 6. The molecule has 2 fully saturated rings. The highest BCUT2D eigenvalue weighted by Gasteiger charge is 2.62.